The summed E-state index contributed by atoms with van der Waals surface area (Å²) >= 11 is 0. The molecule has 1 heterocycles. The predicted octanol–water partition coefficient (Wildman–Crippen LogP) is 1.45. The van der Waals surface area contributed by atoms with Gasteiger partial charge < -0.3 is 5.32 Å². The van der Waals surface area contributed by atoms with E-state index in [0.29, 0.717) is 18.0 Å². The molecular weight excluding hydrogens is 248 g/mol. The van der Waals surface area contributed by atoms with Crippen molar-refractivity contribution in [3.63, 3.8) is 0 Å². The number of benzene rings is 1. The lowest BCUT2D eigenvalue weighted by molar-refractivity contribution is 0.326. The summed E-state index contributed by atoms with van der Waals surface area (Å²) in [6.07, 6.45) is 0.843. The van der Waals surface area contributed by atoms with Gasteiger partial charge in [0, 0.05) is 18.6 Å². The number of rotatable bonds is 2. The topological polar surface area (TPSA) is 49.4 Å². The SMILES string of the molecule is CC1(C)CN(S(=O)(=O)c2ccccc2)CCCN1. The molecule has 0 aliphatic carbocycles. The number of hydrogen-bond donors (Lipinski definition) is 1. The second-order valence-corrected chi connectivity index (χ2v) is 7.25. The first-order chi connectivity index (χ1) is 8.42. The van der Waals surface area contributed by atoms with Gasteiger partial charge >= 0.3 is 0 Å². The minimum absolute atomic E-state index is 0.182. The Balaban J connectivity index is 2.30. The standard InChI is InChI=1S/C13H20N2O2S/c1-13(2)11-15(10-6-9-14-13)18(16,17)12-7-4-3-5-8-12/h3-5,7-8,14H,6,9-11H2,1-2H3. The third-order valence-electron chi connectivity index (χ3n) is 3.14. The van der Waals surface area contributed by atoms with Crippen molar-refractivity contribution in [3.8, 4) is 0 Å². The first-order valence-electron chi connectivity index (χ1n) is 6.22. The van der Waals surface area contributed by atoms with Gasteiger partial charge in [0.15, 0.2) is 0 Å². The second-order valence-electron chi connectivity index (χ2n) is 5.32. The van der Waals surface area contributed by atoms with E-state index in [1.54, 1.807) is 28.6 Å². The minimum atomic E-state index is -3.36. The van der Waals surface area contributed by atoms with Gasteiger partial charge in [0.05, 0.1) is 4.90 Å². The number of hydrogen-bond acceptors (Lipinski definition) is 3. The van der Waals surface area contributed by atoms with Crippen LogP contribution < -0.4 is 5.32 Å². The Morgan fingerprint density at radius 1 is 1.22 bits per heavy atom. The van der Waals surface area contributed by atoms with Gasteiger partial charge in [-0.25, -0.2) is 8.42 Å². The quantitative estimate of drug-likeness (QED) is 0.883. The molecule has 0 radical (unpaired) electrons. The lowest BCUT2D eigenvalue weighted by Gasteiger charge is -2.29. The van der Waals surface area contributed by atoms with E-state index in [1.807, 2.05) is 19.9 Å². The van der Waals surface area contributed by atoms with Crippen molar-refractivity contribution < 1.29 is 8.42 Å². The molecule has 1 fully saturated rings. The van der Waals surface area contributed by atoms with Crippen LogP contribution in [0.15, 0.2) is 35.2 Å². The van der Waals surface area contributed by atoms with Crippen molar-refractivity contribution in [1.29, 1.82) is 0 Å². The molecule has 0 saturated carbocycles. The molecule has 1 aromatic rings. The van der Waals surface area contributed by atoms with E-state index >= 15 is 0 Å². The molecule has 0 amide bonds. The predicted molar refractivity (Wildman–Crippen MR) is 71.9 cm³/mol. The number of nitrogens with one attached hydrogen (secondary N) is 1. The molecule has 1 N–H and O–H groups in total. The molecule has 0 unspecified atom stereocenters. The van der Waals surface area contributed by atoms with E-state index in [0.717, 1.165) is 13.0 Å². The highest BCUT2D eigenvalue weighted by molar-refractivity contribution is 7.89. The number of nitrogens with zero attached hydrogens (tertiary/aromatic N) is 1. The van der Waals surface area contributed by atoms with Gasteiger partial charge in [-0.3, -0.25) is 0 Å². The average Bonchev–Trinajstić information content (AvgIpc) is 2.51. The van der Waals surface area contributed by atoms with E-state index in [1.165, 1.54) is 0 Å². The van der Waals surface area contributed by atoms with Crippen molar-refractivity contribution in [3.05, 3.63) is 30.3 Å². The van der Waals surface area contributed by atoms with Crippen LogP contribution in [0.25, 0.3) is 0 Å². The smallest absolute Gasteiger partial charge is 0.243 e. The number of sulfonamides is 1. The maximum Gasteiger partial charge on any atom is 0.243 e. The Morgan fingerprint density at radius 2 is 1.89 bits per heavy atom. The van der Waals surface area contributed by atoms with Crippen LogP contribution in [-0.4, -0.2) is 37.9 Å². The summed E-state index contributed by atoms with van der Waals surface area (Å²) in [5, 5.41) is 3.37. The van der Waals surface area contributed by atoms with Crippen LogP contribution in [-0.2, 0) is 10.0 Å². The van der Waals surface area contributed by atoms with Crippen LogP contribution in [0.4, 0.5) is 0 Å². The highest BCUT2D eigenvalue weighted by atomic mass is 32.2. The molecule has 5 heteroatoms. The van der Waals surface area contributed by atoms with Gasteiger partial charge in [-0.05, 0) is 38.9 Å². The zero-order chi connectivity index (χ0) is 13.2. The zero-order valence-electron chi connectivity index (χ0n) is 10.9. The maximum atomic E-state index is 12.5. The van der Waals surface area contributed by atoms with Crippen LogP contribution in [0.2, 0.25) is 0 Å². The fraction of sp³-hybridized carbons (Fsp3) is 0.538. The Hall–Kier alpha value is -0.910. The van der Waals surface area contributed by atoms with Crippen LogP contribution >= 0.6 is 0 Å². The zero-order valence-corrected chi connectivity index (χ0v) is 11.7. The summed E-state index contributed by atoms with van der Waals surface area (Å²) < 4.78 is 26.6. The van der Waals surface area contributed by atoms with Gasteiger partial charge in [0.2, 0.25) is 10.0 Å². The minimum Gasteiger partial charge on any atom is -0.310 e. The molecule has 1 aromatic carbocycles. The maximum absolute atomic E-state index is 12.5. The van der Waals surface area contributed by atoms with Crippen molar-refractivity contribution >= 4 is 10.0 Å². The summed E-state index contributed by atoms with van der Waals surface area (Å²) in [7, 11) is -3.36. The first-order valence-corrected chi connectivity index (χ1v) is 7.66. The van der Waals surface area contributed by atoms with Crippen molar-refractivity contribution in [1.82, 2.24) is 9.62 Å². The lowest BCUT2D eigenvalue weighted by atomic mass is 10.1. The molecule has 0 atom stereocenters. The molecule has 0 spiro atoms. The molecule has 2 rings (SSSR count). The van der Waals surface area contributed by atoms with E-state index in [-0.39, 0.29) is 5.54 Å². The van der Waals surface area contributed by atoms with Crippen LogP contribution in [0.1, 0.15) is 20.3 Å². The largest absolute Gasteiger partial charge is 0.310 e. The molecule has 1 aliphatic heterocycles. The first kappa shape index (κ1) is 13.5. The molecule has 1 saturated heterocycles. The Kier molecular flexibility index (Phi) is 3.75. The van der Waals surface area contributed by atoms with Gasteiger partial charge in [-0.2, -0.15) is 4.31 Å². The second kappa shape index (κ2) is 4.99. The fourth-order valence-electron chi connectivity index (χ4n) is 2.20. The molecule has 100 valence electrons. The van der Waals surface area contributed by atoms with Crippen LogP contribution in [0.5, 0.6) is 0 Å². The van der Waals surface area contributed by atoms with Gasteiger partial charge in [0.25, 0.3) is 0 Å². The third kappa shape index (κ3) is 2.91. The van der Waals surface area contributed by atoms with Gasteiger partial charge in [0.1, 0.15) is 0 Å². The molecular formula is C13H20N2O2S. The van der Waals surface area contributed by atoms with E-state index in [2.05, 4.69) is 5.32 Å². The molecule has 4 nitrogen and oxygen atoms in total. The summed E-state index contributed by atoms with van der Waals surface area (Å²) in [5.74, 6) is 0. The normalized spacial score (nSPS) is 21.4. The average molecular weight is 268 g/mol. The third-order valence-corrected chi connectivity index (χ3v) is 5.00. The Labute approximate surface area is 109 Å². The lowest BCUT2D eigenvalue weighted by Crippen LogP contribution is -2.47. The Morgan fingerprint density at radius 3 is 2.56 bits per heavy atom. The van der Waals surface area contributed by atoms with Crippen LogP contribution in [0.3, 0.4) is 0 Å². The summed E-state index contributed by atoms with van der Waals surface area (Å²) in [6.45, 7) is 6.00. The molecule has 1 aliphatic rings. The van der Waals surface area contributed by atoms with Crippen molar-refractivity contribution in [2.75, 3.05) is 19.6 Å². The monoisotopic (exact) mass is 268 g/mol. The van der Waals surface area contributed by atoms with E-state index < -0.39 is 10.0 Å². The van der Waals surface area contributed by atoms with Crippen molar-refractivity contribution in [2.45, 2.75) is 30.7 Å². The summed E-state index contributed by atoms with van der Waals surface area (Å²) in [5.41, 5.74) is -0.182. The van der Waals surface area contributed by atoms with E-state index in [9.17, 15) is 8.42 Å². The fourth-order valence-corrected chi connectivity index (χ4v) is 3.87. The Bertz CT molecular complexity index is 497. The highest BCUT2D eigenvalue weighted by Crippen LogP contribution is 2.20. The summed E-state index contributed by atoms with van der Waals surface area (Å²) in [6, 6.07) is 8.65. The highest BCUT2D eigenvalue weighted by Gasteiger charge is 2.31. The van der Waals surface area contributed by atoms with Crippen LogP contribution in [0, 0.1) is 0 Å². The van der Waals surface area contributed by atoms with Crippen molar-refractivity contribution in [2.24, 2.45) is 0 Å². The molecule has 0 bridgehead atoms. The van der Waals surface area contributed by atoms with Gasteiger partial charge in [-0.1, -0.05) is 18.2 Å². The van der Waals surface area contributed by atoms with Gasteiger partial charge in [-0.15, -0.1) is 0 Å². The molecule has 0 aromatic heterocycles. The van der Waals surface area contributed by atoms with E-state index in [4.69, 9.17) is 0 Å². The molecule has 18 heavy (non-hydrogen) atoms. The summed E-state index contributed by atoms with van der Waals surface area (Å²) in [4.78, 5) is 0.378.